The van der Waals surface area contributed by atoms with Crippen LogP contribution in [0.3, 0.4) is 0 Å². The van der Waals surface area contributed by atoms with Crippen molar-refractivity contribution < 1.29 is 9.18 Å². The molecule has 1 saturated carbocycles. The SMILES string of the molecule is C=C(/C=C\C(F)=C/C)[C@H](Nc1cc(C#N)c2ncc(C#N)c(NCC(C)(C)C)c2c1)C1=CN(C2(C(N)=O)CC2)NN1. The van der Waals surface area contributed by atoms with Crippen molar-refractivity contribution in [3.8, 4) is 12.1 Å². The maximum atomic E-state index is 14.0. The predicted octanol–water partition coefficient (Wildman–Crippen LogP) is 4.39. The second-order valence-electron chi connectivity index (χ2n) is 11.4. The van der Waals surface area contributed by atoms with Crippen LogP contribution in [0.5, 0.6) is 0 Å². The van der Waals surface area contributed by atoms with E-state index in [4.69, 9.17) is 5.73 Å². The highest BCUT2D eigenvalue weighted by atomic mass is 19.1. The second-order valence-corrected chi connectivity index (χ2v) is 11.4. The first-order chi connectivity index (χ1) is 19.4. The van der Waals surface area contributed by atoms with E-state index in [-0.39, 0.29) is 5.41 Å². The maximum absolute atomic E-state index is 14.0. The first-order valence-corrected chi connectivity index (χ1v) is 13.2. The molecule has 0 radical (unpaired) electrons. The summed E-state index contributed by atoms with van der Waals surface area (Å²) in [5.74, 6) is -0.863. The van der Waals surface area contributed by atoms with Gasteiger partial charge < -0.3 is 21.8 Å². The molecule has 212 valence electrons. The average molecular weight is 556 g/mol. The molecule has 2 aromatic rings. The Morgan fingerprint density at radius 2 is 2.00 bits per heavy atom. The van der Waals surface area contributed by atoms with Gasteiger partial charge in [-0.3, -0.25) is 14.8 Å². The maximum Gasteiger partial charge on any atom is 0.244 e. The van der Waals surface area contributed by atoms with Crippen LogP contribution in [0.4, 0.5) is 15.8 Å². The number of nitrogens with one attached hydrogen (secondary N) is 4. The van der Waals surface area contributed by atoms with Crippen molar-refractivity contribution in [3.05, 3.63) is 77.6 Å². The number of nitrogens with two attached hydrogens (primary N) is 1. The van der Waals surface area contributed by atoms with Gasteiger partial charge in [-0.2, -0.15) is 10.5 Å². The first-order valence-electron chi connectivity index (χ1n) is 13.2. The molecule has 0 bridgehead atoms. The molecule has 0 spiro atoms. The Hall–Kier alpha value is -4.87. The van der Waals surface area contributed by atoms with E-state index >= 15 is 0 Å². The lowest BCUT2D eigenvalue weighted by atomic mass is 9.96. The lowest BCUT2D eigenvalue weighted by molar-refractivity contribution is -0.124. The summed E-state index contributed by atoms with van der Waals surface area (Å²) in [5, 5.41) is 28.8. The zero-order valence-corrected chi connectivity index (χ0v) is 23.6. The van der Waals surface area contributed by atoms with Crippen LogP contribution in [0.2, 0.25) is 0 Å². The lowest BCUT2D eigenvalue weighted by Crippen LogP contribution is -2.51. The van der Waals surface area contributed by atoms with Crippen molar-refractivity contribution in [1.29, 1.82) is 10.5 Å². The van der Waals surface area contributed by atoms with E-state index in [1.807, 2.05) is 6.07 Å². The van der Waals surface area contributed by atoms with Crippen molar-refractivity contribution in [2.24, 2.45) is 11.1 Å². The van der Waals surface area contributed by atoms with Gasteiger partial charge in [0.05, 0.1) is 34.1 Å². The molecule has 2 aliphatic rings. The Bertz CT molecular complexity index is 1570. The molecule has 0 saturated heterocycles. The van der Waals surface area contributed by atoms with Gasteiger partial charge in [0.2, 0.25) is 5.91 Å². The highest BCUT2D eigenvalue weighted by Gasteiger charge is 2.54. The molecule has 1 amide bonds. The molecular formula is C30H34FN9O. The molecule has 6 N–H and O–H groups in total. The summed E-state index contributed by atoms with van der Waals surface area (Å²) in [5.41, 5.74) is 14.2. The molecule has 1 aliphatic carbocycles. The van der Waals surface area contributed by atoms with Gasteiger partial charge in [-0.25, -0.2) is 4.39 Å². The molecule has 1 aliphatic heterocycles. The third-order valence-corrected chi connectivity index (χ3v) is 6.97. The molecule has 1 aromatic heterocycles. The summed E-state index contributed by atoms with van der Waals surface area (Å²) < 4.78 is 14.0. The number of fused-ring (bicyclic) bond motifs is 1. The molecule has 1 atom stereocenters. The van der Waals surface area contributed by atoms with Crippen LogP contribution < -0.4 is 27.3 Å². The number of allylic oxidation sites excluding steroid dienone is 3. The Labute approximate surface area is 239 Å². The van der Waals surface area contributed by atoms with Crippen molar-refractivity contribution in [2.45, 2.75) is 52.1 Å². The minimum absolute atomic E-state index is 0.0725. The van der Waals surface area contributed by atoms with E-state index in [0.717, 1.165) is 0 Å². The summed E-state index contributed by atoms with van der Waals surface area (Å²) in [4.78, 5) is 16.5. The zero-order valence-electron chi connectivity index (χ0n) is 23.6. The van der Waals surface area contributed by atoms with E-state index in [9.17, 15) is 19.7 Å². The standard InChI is InChI=1S/C30H34FN9O/c1-6-21(31)8-7-18(2)25(24-16-40(39-38-24)30(9-10-30)28(34)41)37-22-11-19(13-32)26-23(12-22)27(20(14-33)15-35-26)36-17-29(3,4)5/h6-8,11-12,15-16,25,37-39H,2,9-10,17H2,1,3-5H3,(H2,34,41)(H,35,36)/b8-7-,21-6+/t25-/m0/s1. The van der Waals surface area contributed by atoms with E-state index in [1.165, 1.54) is 18.3 Å². The number of anilines is 2. The molecule has 10 nitrogen and oxygen atoms in total. The van der Waals surface area contributed by atoms with Gasteiger partial charge in [0, 0.05) is 30.0 Å². The number of nitrogens with zero attached hydrogens (tertiary/aromatic N) is 4. The third-order valence-electron chi connectivity index (χ3n) is 6.97. The Morgan fingerprint density at radius 1 is 1.29 bits per heavy atom. The lowest BCUT2D eigenvalue weighted by Gasteiger charge is -2.23. The van der Waals surface area contributed by atoms with Crippen LogP contribution >= 0.6 is 0 Å². The fraction of sp³-hybridized carbons (Fsp3) is 0.333. The van der Waals surface area contributed by atoms with Crippen molar-refractivity contribution in [2.75, 3.05) is 17.2 Å². The van der Waals surface area contributed by atoms with Crippen LogP contribution in [-0.4, -0.2) is 34.0 Å². The van der Waals surface area contributed by atoms with Gasteiger partial charge in [-0.15, -0.1) is 5.53 Å². The minimum Gasteiger partial charge on any atom is -0.383 e. The number of benzene rings is 1. The van der Waals surface area contributed by atoms with Gasteiger partial charge in [-0.1, -0.05) is 39.5 Å². The van der Waals surface area contributed by atoms with Crippen LogP contribution in [-0.2, 0) is 4.79 Å². The van der Waals surface area contributed by atoms with E-state index in [2.05, 4.69) is 66.1 Å². The summed E-state index contributed by atoms with van der Waals surface area (Å²) >= 11 is 0. The van der Waals surface area contributed by atoms with Crippen molar-refractivity contribution in [1.82, 2.24) is 21.0 Å². The number of primary amides is 1. The summed E-state index contributed by atoms with van der Waals surface area (Å²) in [6, 6.07) is 7.25. The average Bonchev–Trinajstić information content (AvgIpc) is 3.62. The molecule has 2 heterocycles. The topological polar surface area (TPSA) is 155 Å². The number of nitriles is 2. The van der Waals surface area contributed by atoms with Crippen LogP contribution in [0.15, 0.2) is 66.4 Å². The smallest absolute Gasteiger partial charge is 0.244 e. The number of rotatable bonds is 10. The fourth-order valence-corrected chi connectivity index (χ4v) is 4.45. The van der Waals surface area contributed by atoms with Gasteiger partial charge in [-0.05, 0) is 49.0 Å². The number of pyridine rings is 1. The number of amides is 1. The number of hydrogen-bond acceptors (Lipinski definition) is 9. The molecule has 41 heavy (non-hydrogen) atoms. The summed E-state index contributed by atoms with van der Waals surface area (Å²) in [6.07, 6.45) is 8.62. The zero-order chi connectivity index (χ0) is 29.9. The number of hydrazine groups is 2. The Balaban J connectivity index is 1.79. The Kier molecular flexibility index (Phi) is 8.04. The second kappa shape index (κ2) is 11.3. The molecule has 4 rings (SSSR count). The number of halogens is 1. The molecule has 0 unspecified atom stereocenters. The van der Waals surface area contributed by atoms with Crippen LogP contribution in [0, 0.1) is 28.1 Å². The van der Waals surface area contributed by atoms with E-state index in [0.29, 0.717) is 64.1 Å². The van der Waals surface area contributed by atoms with Gasteiger partial charge >= 0.3 is 0 Å². The number of aromatic nitrogens is 1. The molecule has 11 heteroatoms. The summed E-state index contributed by atoms with van der Waals surface area (Å²) in [6.45, 7) is 12.6. The first kappa shape index (κ1) is 29.1. The van der Waals surface area contributed by atoms with Crippen LogP contribution in [0.25, 0.3) is 10.9 Å². The van der Waals surface area contributed by atoms with E-state index < -0.39 is 23.3 Å². The number of hydrogen-bond donors (Lipinski definition) is 5. The highest BCUT2D eigenvalue weighted by molar-refractivity contribution is 5.99. The van der Waals surface area contributed by atoms with Crippen molar-refractivity contribution >= 4 is 28.2 Å². The molecular weight excluding hydrogens is 521 g/mol. The molecule has 1 aromatic carbocycles. The monoisotopic (exact) mass is 555 g/mol. The summed E-state index contributed by atoms with van der Waals surface area (Å²) in [7, 11) is 0. The largest absolute Gasteiger partial charge is 0.383 e. The predicted molar refractivity (Wildman–Crippen MR) is 157 cm³/mol. The highest BCUT2D eigenvalue weighted by Crippen LogP contribution is 2.42. The molecule has 1 fully saturated rings. The van der Waals surface area contributed by atoms with E-state index in [1.54, 1.807) is 30.3 Å². The normalized spacial score (nSPS) is 16.9. The Morgan fingerprint density at radius 3 is 2.59 bits per heavy atom. The number of carbonyl (C=O) groups is 1. The quantitative estimate of drug-likeness (QED) is 0.269. The van der Waals surface area contributed by atoms with Crippen LogP contribution in [0.1, 0.15) is 51.7 Å². The van der Waals surface area contributed by atoms with Gasteiger partial charge in [0.25, 0.3) is 0 Å². The van der Waals surface area contributed by atoms with Crippen molar-refractivity contribution in [3.63, 3.8) is 0 Å². The fourth-order valence-electron chi connectivity index (χ4n) is 4.45. The number of carbonyl (C=O) groups excluding carboxylic acids is 1. The minimum atomic E-state index is -0.822. The van der Waals surface area contributed by atoms with Gasteiger partial charge in [0.1, 0.15) is 23.5 Å². The van der Waals surface area contributed by atoms with Gasteiger partial charge in [0.15, 0.2) is 0 Å². The third kappa shape index (κ3) is 6.16.